The Hall–Kier alpha value is 2.97. The molecule has 0 atom stereocenters. The van der Waals surface area contributed by atoms with Crippen molar-refractivity contribution in [2.45, 2.75) is 0 Å². The molecule has 0 aromatic heterocycles. The van der Waals surface area contributed by atoms with Gasteiger partial charge in [0.2, 0.25) is 0 Å². The quantitative estimate of drug-likeness (QED) is 0.531. The van der Waals surface area contributed by atoms with E-state index in [1.54, 1.807) is 0 Å². The molecule has 0 aliphatic rings. The maximum absolute atomic E-state index is 0. The zero-order valence-corrected chi connectivity index (χ0v) is 10.2. The van der Waals surface area contributed by atoms with E-state index in [9.17, 15) is 0 Å². The van der Waals surface area contributed by atoms with Crippen LogP contribution in [0.3, 0.4) is 0 Å². The molecule has 20 valence electrons. The predicted molar refractivity (Wildman–Crippen MR) is 17.6 cm³/mol. The summed E-state index contributed by atoms with van der Waals surface area (Å²) in [5, 5.41) is 0. The van der Waals surface area contributed by atoms with Gasteiger partial charge in [0.25, 0.3) is 0 Å². The monoisotopic (exact) mass is 262 g/mol. The van der Waals surface area contributed by atoms with Crippen molar-refractivity contribution in [3.63, 3.8) is 0 Å². The Kier molecular flexibility index (Phi) is 118. The van der Waals surface area contributed by atoms with Gasteiger partial charge >= 0.3 is 94.4 Å². The van der Waals surface area contributed by atoms with Crippen LogP contribution in [0.25, 0.3) is 0 Å². The SMILES string of the molecule is [Ba+2].[H-].[H-].[OH-].[OH-].[Sr+2]. The molecule has 0 aliphatic carbocycles. The van der Waals surface area contributed by atoms with Crippen molar-refractivity contribution >= 4 is 94.4 Å². The maximum Gasteiger partial charge on any atom is 2.00 e. The molecule has 0 spiro atoms. The molecule has 0 fully saturated rings. The molecule has 0 bridgehead atoms. The molecule has 0 aromatic carbocycles. The van der Waals surface area contributed by atoms with Crippen LogP contribution in [0.15, 0.2) is 0 Å². The van der Waals surface area contributed by atoms with E-state index in [1.165, 1.54) is 0 Å². The van der Waals surface area contributed by atoms with Crippen LogP contribution >= 0.6 is 0 Å². The Bertz CT molecular complexity index is 11.5. The molecule has 0 aromatic rings. The van der Waals surface area contributed by atoms with Gasteiger partial charge < -0.3 is 13.8 Å². The summed E-state index contributed by atoms with van der Waals surface area (Å²) in [5.41, 5.74) is 0. The van der Waals surface area contributed by atoms with Crippen molar-refractivity contribution in [1.82, 2.24) is 0 Å². The Morgan fingerprint density at radius 2 is 1.00 bits per heavy atom. The average Bonchev–Trinajstić information content (AvgIpc) is 0. The summed E-state index contributed by atoms with van der Waals surface area (Å²) in [6.07, 6.45) is 0. The van der Waals surface area contributed by atoms with Gasteiger partial charge in [0.15, 0.2) is 0 Å². The summed E-state index contributed by atoms with van der Waals surface area (Å²) >= 11 is 0. The van der Waals surface area contributed by atoms with Gasteiger partial charge in [0.05, 0.1) is 0 Å². The van der Waals surface area contributed by atoms with E-state index in [4.69, 9.17) is 0 Å². The summed E-state index contributed by atoms with van der Waals surface area (Å²) < 4.78 is 0. The molecule has 0 saturated carbocycles. The Labute approximate surface area is 105 Å². The maximum atomic E-state index is 0. The first-order chi connectivity index (χ1) is 0. The van der Waals surface area contributed by atoms with Crippen LogP contribution in [0.1, 0.15) is 2.85 Å². The van der Waals surface area contributed by atoms with E-state index in [0.29, 0.717) is 0 Å². The van der Waals surface area contributed by atoms with E-state index in [2.05, 4.69) is 0 Å². The summed E-state index contributed by atoms with van der Waals surface area (Å²) in [7, 11) is 0. The van der Waals surface area contributed by atoms with Crippen molar-refractivity contribution in [2.24, 2.45) is 0 Å². The fourth-order valence-corrected chi connectivity index (χ4v) is 0. The van der Waals surface area contributed by atoms with Crippen LogP contribution in [0.2, 0.25) is 0 Å². The third-order valence-electron chi connectivity index (χ3n) is 0. The largest absolute Gasteiger partial charge is 2.00 e. The smallest absolute Gasteiger partial charge is 1.00 e. The molecule has 0 saturated heterocycles. The summed E-state index contributed by atoms with van der Waals surface area (Å²) in [6.45, 7) is 0. The van der Waals surface area contributed by atoms with E-state index < -0.39 is 0 Å². The minimum Gasteiger partial charge on any atom is -1.00 e. The van der Waals surface area contributed by atoms with Gasteiger partial charge in [-0.25, -0.2) is 0 Å². The first-order valence-electron chi connectivity index (χ1n) is 0. The fourth-order valence-electron chi connectivity index (χ4n) is 0. The van der Waals surface area contributed by atoms with Crippen LogP contribution in [-0.4, -0.2) is 105 Å². The molecule has 0 heterocycles. The minimum atomic E-state index is 0. The molecular formula is H4BaO2Sr. The van der Waals surface area contributed by atoms with Gasteiger partial charge in [0.1, 0.15) is 0 Å². The van der Waals surface area contributed by atoms with Crippen molar-refractivity contribution in [2.75, 3.05) is 0 Å². The molecule has 0 rings (SSSR count). The van der Waals surface area contributed by atoms with E-state index in [1.807, 2.05) is 0 Å². The van der Waals surface area contributed by atoms with Crippen LogP contribution < -0.4 is 0 Å². The summed E-state index contributed by atoms with van der Waals surface area (Å²) in [4.78, 5) is 0. The third-order valence-corrected chi connectivity index (χ3v) is 0. The molecule has 2 N–H and O–H groups in total. The molecule has 4 heteroatoms. The first-order valence-corrected chi connectivity index (χ1v) is 0. The van der Waals surface area contributed by atoms with Crippen LogP contribution in [-0.2, 0) is 0 Å². The van der Waals surface area contributed by atoms with Crippen LogP contribution in [0.5, 0.6) is 0 Å². The van der Waals surface area contributed by atoms with Gasteiger partial charge in [-0.05, 0) is 0 Å². The Morgan fingerprint density at radius 3 is 1.00 bits per heavy atom. The fraction of sp³-hybridized carbons (Fsp3) is 0. The second kappa shape index (κ2) is 16.7. The molecular weight excluding hydrogens is 257 g/mol. The van der Waals surface area contributed by atoms with Gasteiger partial charge in [-0.15, -0.1) is 0 Å². The van der Waals surface area contributed by atoms with Crippen molar-refractivity contribution in [3.8, 4) is 0 Å². The Morgan fingerprint density at radius 1 is 1.00 bits per heavy atom. The first kappa shape index (κ1) is 28.2. The van der Waals surface area contributed by atoms with Gasteiger partial charge in [-0.1, -0.05) is 0 Å². The van der Waals surface area contributed by atoms with Gasteiger partial charge in [0, 0.05) is 0 Å². The van der Waals surface area contributed by atoms with E-state index >= 15 is 0 Å². The normalized spacial score (nSPS) is 0. The zero-order valence-electron chi connectivity index (χ0n) is 4.31. The van der Waals surface area contributed by atoms with Gasteiger partial charge in [-0.2, -0.15) is 0 Å². The van der Waals surface area contributed by atoms with Crippen molar-refractivity contribution < 1.29 is 13.8 Å². The minimum absolute atomic E-state index is 0. The topological polar surface area (TPSA) is 60.0 Å². The number of hydrogen-bond acceptors (Lipinski definition) is 2. The van der Waals surface area contributed by atoms with Crippen molar-refractivity contribution in [1.29, 1.82) is 0 Å². The summed E-state index contributed by atoms with van der Waals surface area (Å²) in [6, 6.07) is 0. The summed E-state index contributed by atoms with van der Waals surface area (Å²) in [5.74, 6) is 0. The molecule has 2 nitrogen and oxygen atoms in total. The molecule has 0 aliphatic heterocycles. The number of hydrogen-bond donors (Lipinski definition) is 0. The second-order valence-corrected chi connectivity index (χ2v) is 0. The molecule has 0 radical (unpaired) electrons. The molecule has 0 unspecified atom stereocenters. The Balaban J connectivity index is 0. The standard InChI is InChI=1S/Ba.2H2O.Sr.2H/h;2*1H2;;;/q+2;;;+2;2*-1/p-2. The molecule has 0 amide bonds. The second-order valence-electron chi connectivity index (χ2n) is 0. The van der Waals surface area contributed by atoms with Crippen LogP contribution in [0.4, 0.5) is 0 Å². The predicted octanol–water partition coefficient (Wildman–Crippen LogP) is -0.890. The number of rotatable bonds is 0. The van der Waals surface area contributed by atoms with Crippen LogP contribution in [0, 0.1) is 0 Å². The van der Waals surface area contributed by atoms with E-state index in [0.717, 1.165) is 0 Å². The molecule has 4 heavy (non-hydrogen) atoms. The third kappa shape index (κ3) is 8.88. The van der Waals surface area contributed by atoms with Gasteiger partial charge in [-0.3, -0.25) is 0 Å². The van der Waals surface area contributed by atoms with E-state index in [-0.39, 0.29) is 108 Å². The zero-order chi connectivity index (χ0) is 0. The van der Waals surface area contributed by atoms with Crippen molar-refractivity contribution in [3.05, 3.63) is 0 Å². The average molecular weight is 261 g/mol.